The number of amides is 1. The van der Waals surface area contributed by atoms with Gasteiger partial charge >= 0.3 is 5.88 Å². The summed E-state index contributed by atoms with van der Waals surface area (Å²) in [5.41, 5.74) is 0.324. The fourth-order valence-electron chi connectivity index (χ4n) is 2.50. The lowest BCUT2D eigenvalue weighted by Gasteiger charge is -2.33. The first-order valence-corrected chi connectivity index (χ1v) is 7.62. The van der Waals surface area contributed by atoms with Crippen LogP contribution in [0.3, 0.4) is 0 Å². The van der Waals surface area contributed by atoms with Gasteiger partial charge < -0.3 is 9.73 Å². The Hall–Kier alpha value is -2.34. The Balaban J connectivity index is 2.29. The Morgan fingerprint density at radius 1 is 1.22 bits per heavy atom. The van der Waals surface area contributed by atoms with Crippen LogP contribution in [0.15, 0.2) is 40.8 Å². The largest absolute Gasteiger partial charge is 0.433 e. The first kappa shape index (κ1) is 17.0. The maximum atomic E-state index is 12.4. The molecule has 1 heterocycles. The van der Waals surface area contributed by atoms with Crippen LogP contribution in [-0.2, 0) is 5.54 Å². The van der Waals surface area contributed by atoms with Crippen molar-refractivity contribution in [2.75, 3.05) is 0 Å². The van der Waals surface area contributed by atoms with Crippen molar-refractivity contribution in [3.8, 4) is 0 Å². The SMILES string of the molecule is CCC(CC)(NC(=O)c1ccc([N+](=O)[O-])o1)c1ccc(Cl)cc1. The molecule has 23 heavy (non-hydrogen) atoms. The van der Waals surface area contributed by atoms with Crippen LogP contribution >= 0.6 is 11.6 Å². The number of nitrogens with zero attached hydrogens (tertiary/aromatic N) is 1. The number of nitro groups is 1. The van der Waals surface area contributed by atoms with Crippen molar-refractivity contribution < 1.29 is 14.1 Å². The average molecular weight is 337 g/mol. The second kappa shape index (κ2) is 6.83. The van der Waals surface area contributed by atoms with Crippen LogP contribution in [0, 0.1) is 10.1 Å². The molecular weight excluding hydrogens is 320 g/mol. The molecule has 0 aliphatic heterocycles. The van der Waals surface area contributed by atoms with Crippen molar-refractivity contribution in [2.45, 2.75) is 32.2 Å². The van der Waals surface area contributed by atoms with Gasteiger partial charge in [-0.15, -0.1) is 0 Å². The Labute approximate surface area is 138 Å². The molecule has 1 N–H and O–H groups in total. The standard InChI is InChI=1S/C16H17ClN2O4/c1-3-16(4-2,11-5-7-12(17)8-6-11)18-15(20)13-9-10-14(23-13)19(21)22/h5-10H,3-4H2,1-2H3,(H,18,20). The maximum absolute atomic E-state index is 12.4. The third kappa shape index (κ3) is 3.53. The van der Waals surface area contributed by atoms with Crippen molar-refractivity contribution in [1.82, 2.24) is 5.32 Å². The molecule has 0 saturated heterocycles. The fourth-order valence-corrected chi connectivity index (χ4v) is 2.63. The summed E-state index contributed by atoms with van der Waals surface area (Å²) in [6.45, 7) is 3.92. The van der Waals surface area contributed by atoms with E-state index in [9.17, 15) is 14.9 Å². The third-order valence-corrected chi connectivity index (χ3v) is 4.20. The zero-order valence-electron chi connectivity index (χ0n) is 12.8. The minimum absolute atomic E-state index is 0.0862. The van der Waals surface area contributed by atoms with Crippen LogP contribution in [0.5, 0.6) is 0 Å². The zero-order chi connectivity index (χ0) is 17.0. The summed E-state index contributed by atoms with van der Waals surface area (Å²) in [4.78, 5) is 22.4. The topological polar surface area (TPSA) is 85.4 Å². The second-order valence-corrected chi connectivity index (χ2v) is 5.58. The minimum Gasteiger partial charge on any atom is -0.395 e. The number of hydrogen-bond acceptors (Lipinski definition) is 4. The van der Waals surface area contributed by atoms with Gasteiger partial charge in [0.1, 0.15) is 4.92 Å². The van der Waals surface area contributed by atoms with Crippen molar-refractivity contribution in [1.29, 1.82) is 0 Å². The molecule has 6 nitrogen and oxygen atoms in total. The number of furan rings is 1. The Morgan fingerprint density at radius 3 is 2.30 bits per heavy atom. The van der Waals surface area contributed by atoms with Crippen LogP contribution in [-0.4, -0.2) is 10.8 Å². The first-order chi connectivity index (χ1) is 10.9. The number of halogens is 1. The van der Waals surface area contributed by atoms with Crippen molar-refractivity contribution in [2.24, 2.45) is 0 Å². The number of carbonyl (C=O) groups excluding carboxylic acids is 1. The third-order valence-electron chi connectivity index (χ3n) is 3.95. The summed E-state index contributed by atoms with van der Waals surface area (Å²) in [7, 11) is 0. The van der Waals surface area contributed by atoms with Gasteiger partial charge in [-0.1, -0.05) is 37.6 Å². The lowest BCUT2D eigenvalue weighted by molar-refractivity contribution is -0.402. The van der Waals surface area contributed by atoms with Crippen molar-refractivity contribution in [3.63, 3.8) is 0 Å². The summed E-state index contributed by atoms with van der Waals surface area (Å²) in [5, 5.41) is 14.2. The van der Waals surface area contributed by atoms with Gasteiger partial charge in [-0.3, -0.25) is 14.9 Å². The Morgan fingerprint density at radius 2 is 1.83 bits per heavy atom. The van der Waals surface area contributed by atoms with E-state index < -0.39 is 22.3 Å². The Kier molecular flexibility index (Phi) is 5.05. The van der Waals surface area contributed by atoms with Crippen LogP contribution in [0.1, 0.15) is 42.8 Å². The molecule has 0 bridgehead atoms. The predicted molar refractivity (Wildman–Crippen MR) is 86.5 cm³/mol. The van der Waals surface area contributed by atoms with Crippen LogP contribution < -0.4 is 5.32 Å². The van der Waals surface area contributed by atoms with Gasteiger partial charge in [0.2, 0.25) is 0 Å². The summed E-state index contributed by atoms with van der Waals surface area (Å²) in [6, 6.07) is 9.71. The first-order valence-electron chi connectivity index (χ1n) is 7.24. The smallest absolute Gasteiger partial charge is 0.395 e. The molecule has 7 heteroatoms. The van der Waals surface area contributed by atoms with Crippen molar-refractivity contribution >= 4 is 23.4 Å². The molecule has 2 aromatic rings. The van der Waals surface area contributed by atoms with E-state index in [4.69, 9.17) is 16.0 Å². The highest BCUT2D eigenvalue weighted by molar-refractivity contribution is 6.30. The number of rotatable bonds is 6. The molecule has 1 amide bonds. The molecule has 0 atom stereocenters. The average Bonchev–Trinajstić information content (AvgIpc) is 3.04. The number of nitrogens with one attached hydrogen (secondary N) is 1. The molecule has 0 aliphatic rings. The van der Waals surface area contributed by atoms with E-state index in [-0.39, 0.29) is 5.76 Å². The second-order valence-electron chi connectivity index (χ2n) is 5.15. The lowest BCUT2D eigenvalue weighted by Crippen LogP contribution is -2.45. The molecule has 2 rings (SSSR count). The number of hydrogen-bond donors (Lipinski definition) is 1. The number of carbonyl (C=O) groups is 1. The van der Waals surface area contributed by atoms with Crippen LogP contribution in [0.2, 0.25) is 5.02 Å². The molecule has 122 valence electrons. The lowest BCUT2D eigenvalue weighted by atomic mass is 9.84. The number of benzene rings is 1. The highest BCUT2D eigenvalue weighted by Gasteiger charge is 2.32. The normalized spacial score (nSPS) is 11.3. The van der Waals surface area contributed by atoms with Gasteiger partial charge in [-0.2, -0.15) is 0 Å². The predicted octanol–water partition coefficient (Wildman–Crippen LogP) is 4.29. The summed E-state index contributed by atoms with van der Waals surface area (Å²) in [6.07, 6.45) is 1.30. The molecule has 0 radical (unpaired) electrons. The molecule has 1 aromatic heterocycles. The molecule has 0 saturated carbocycles. The summed E-state index contributed by atoms with van der Waals surface area (Å²) < 4.78 is 4.96. The molecule has 1 aromatic carbocycles. The van der Waals surface area contributed by atoms with E-state index in [0.717, 1.165) is 11.6 Å². The molecule has 0 unspecified atom stereocenters. The highest BCUT2D eigenvalue weighted by Crippen LogP contribution is 2.30. The van der Waals surface area contributed by atoms with Gasteiger partial charge in [0.05, 0.1) is 11.6 Å². The van der Waals surface area contributed by atoms with Gasteiger partial charge in [0.25, 0.3) is 5.91 Å². The maximum Gasteiger partial charge on any atom is 0.433 e. The van der Waals surface area contributed by atoms with E-state index in [1.165, 1.54) is 6.07 Å². The fraction of sp³-hybridized carbons (Fsp3) is 0.312. The molecule has 0 fully saturated rings. The Bertz CT molecular complexity index is 705. The summed E-state index contributed by atoms with van der Waals surface area (Å²) >= 11 is 5.92. The monoisotopic (exact) mass is 336 g/mol. The highest BCUT2D eigenvalue weighted by atomic mass is 35.5. The molecular formula is C16H17ClN2O4. The zero-order valence-corrected chi connectivity index (χ0v) is 13.6. The minimum atomic E-state index is -0.678. The van der Waals surface area contributed by atoms with Gasteiger partial charge in [-0.25, -0.2) is 0 Å². The van der Waals surface area contributed by atoms with E-state index >= 15 is 0 Å². The van der Waals surface area contributed by atoms with Crippen LogP contribution in [0.25, 0.3) is 0 Å². The van der Waals surface area contributed by atoms with Gasteiger partial charge in [0, 0.05) is 5.02 Å². The quantitative estimate of drug-likeness (QED) is 0.630. The molecule has 0 aliphatic carbocycles. The van der Waals surface area contributed by atoms with E-state index in [1.54, 1.807) is 12.1 Å². The summed E-state index contributed by atoms with van der Waals surface area (Å²) in [5.74, 6) is -1.03. The van der Waals surface area contributed by atoms with Crippen molar-refractivity contribution in [3.05, 3.63) is 62.9 Å². The van der Waals surface area contributed by atoms with E-state index in [1.807, 2.05) is 26.0 Å². The van der Waals surface area contributed by atoms with Gasteiger partial charge in [0.15, 0.2) is 5.76 Å². The molecule has 0 spiro atoms. The van der Waals surface area contributed by atoms with E-state index in [2.05, 4.69) is 5.32 Å². The van der Waals surface area contributed by atoms with E-state index in [0.29, 0.717) is 17.9 Å². The van der Waals surface area contributed by atoms with Crippen LogP contribution in [0.4, 0.5) is 5.88 Å². The van der Waals surface area contributed by atoms with Gasteiger partial charge in [-0.05, 0) is 36.6 Å².